The summed E-state index contributed by atoms with van der Waals surface area (Å²) in [5.41, 5.74) is 1.92. The van der Waals surface area contributed by atoms with Crippen molar-refractivity contribution < 1.29 is 19.5 Å². The summed E-state index contributed by atoms with van der Waals surface area (Å²) >= 11 is 10.4. The number of aromatic nitrogens is 4. The molecule has 14 heteroatoms. The summed E-state index contributed by atoms with van der Waals surface area (Å²) in [5.74, 6) is -1.14. The van der Waals surface area contributed by atoms with Crippen LogP contribution < -0.4 is 5.32 Å². The van der Waals surface area contributed by atoms with E-state index >= 15 is 0 Å². The molecule has 0 aliphatic carbocycles. The van der Waals surface area contributed by atoms with Crippen molar-refractivity contribution in [1.82, 2.24) is 30.2 Å². The molecule has 2 N–H and O–H groups in total. The molecule has 10 nitrogen and oxygen atoms in total. The van der Waals surface area contributed by atoms with Crippen molar-refractivity contribution in [3.8, 4) is 0 Å². The van der Waals surface area contributed by atoms with Crippen molar-refractivity contribution in [1.29, 1.82) is 0 Å². The summed E-state index contributed by atoms with van der Waals surface area (Å²) < 4.78 is 2.23. The maximum Gasteiger partial charge on any atom is 0.352 e. The molecule has 0 radical (unpaired) electrons. The highest BCUT2D eigenvalue weighted by Crippen LogP contribution is 2.41. The highest BCUT2D eigenvalue weighted by atomic mass is 35.5. The fourth-order valence-electron chi connectivity index (χ4n) is 3.46. The third-order valence-corrected chi connectivity index (χ3v) is 8.98. The van der Waals surface area contributed by atoms with Crippen LogP contribution in [0.15, 0.2) is 15.6 Å². The van der Waals surface area contributed by atoms with Crippen molar-refractivity contribution in [2.24, 2.45) is 0 Å². The topological polar surface area (TPSA) is 130 Å². The molecule has 1 fully saturated rings. The van der Waals surface area contributed by atoms with Crippen LogP contribution in [0.3, 0.4) is 0 Å². The largest absolute Gasteiger partial charge is 0.477 e. The summed E-state index contributed by atoms with van der Waals surface area (Å²) in [6.07, 6.45) is 0. The van der Waals surface area contributed by atoms with Gasteiger partial charge in [0.15, 0.2) is 4.34 Å². The zero-order valence-corrected chi connectivity index (χ0v) is 20.5. The maximum atomic E-state index is 12.8. The number of hydrogen-bond donors (Lipinski definition) is 2. The van der Waals surface area contributed by atoms with Gasteiger partial charge in [-0.05, 0) is 26.3 Å². The van der Waals surface area contributed by atoms with Crippen LogP contribution >= 0.6 is 46.5 Å². The van der Waals surface area contributed by atoms with E-state index in [1.54, 1.807) is 13.8 Å². The van der Waals surface area contributed by atoms with Gasteiger partial charge in [0.2, 0.25) is 5.91 Å². The molecule has 2 aromatic rings. The molecular formula is C18H19ClN6O4S3. The quantitative estimate of drug-likeness (QED) is 0.419. The average Bonchev–Trinajstić information content (AvgIpc) is 3.27. The smallest absolute Gasteiger partial charge is 0.352 e. The molecule has 4 heterocycles. The summed E-state index contributed by atoms with van der Waals surface area (Å²) in [4.78, 5) is 38.5. The first-order valence-corrected chi connectivity index (χ1v) is 12.7. The lowest BCUT2D eigenvalue weighted by atomic mass is 10.0. The first kappa shape index (κ1) is 23.1. The molecule has 0 unspecified atom stereocenters. The summed E-state index contributed by atoms with van der Waals surface area (Å²) in [6, 6.07) is -0.783. The number of nitrogens with zero attached hydrogens (tertiary/aromatic N) is 5. The second kappa shape index (κ2) is 9.04. The second-order valence-corrected chi connectivity index (χ2v) is 11.1. The number of β-lactam (4-membered cyclic amide) rings is 1. The van der Waals surface area contributed by atoms with E-state index in [0.717, 1.165) is 9.35 Å². The Morgan fingerprint density at radius 1 is 1.31 bits per heavy atom. The molecule has 2 amide bonds. The van der Waals surface area contributed by atoms with Crippen molar-refractivity contribution in [3.63, 3.8) is 0 Å². The fourth-order valence-corrected chi connectivity index (χ4v) is 6.90. The number of carboxylic acid groups (broad SMARTS) is 1. The SMILES string of the molecule is Cc1nnc(SCC2=C(C(=O)O)N3C(=O)[C@@H](NC(=O)Cn4nc(C)c(Cl)c4C)[C@H]3SC2)s1. The molecular weight excluding hydrogens is 496 g/mol. The van der Waals surface area contributed by atoms with Crippen molar-refractivity contribution in [2.45, 2.75) is 43.1 Å². The minimum Gasteiger partial charge on any atom is -0.477 e. The van der Waals surface area contributed by atoms with E-state index in [1.165, 1.54) is 44.4 Å². The molecule has 4 rings (SSSR count). The minimum absolute atomic E-state index is 0.0108. The normalized spacial score (nSPS) is 20.2. The lowest BCUT2D eigenvalue weighted by Crippen LogP contribution is -2.70. The molecule has 32 heavy (non-hydrogen) atoms. The number of halogens is 1. The number of nitrogens with one attached hydrogen (secondary N) is 1. The highest BCUT2D eigenvalue weighted by Gasteiger charge is 2.54. The number of carbonyl (C=O) groups excluding carboxylic acids is 2. The summed E-state index contributed by atoms with van der Waals surface area (Å²) in [6.45, 7) is 5.28. The van der Waals surface area contributed by atoms with Gasteiger partial charge in [0.1, 0.15) is 28.7 Å². The van der Waals surface area contributed by atoms with E-state index in [9.17, 15) is 19.5 Å². The molecule has 0 spiro atoms. The van der Waals surface area contributed by atoms with Gasteiger partial charge in [0.25, 0.3) is 5.91 Å². The molecule has 0 aromatic carbocycles. The van der Waals surface area contributed by atoms with Crippen LogP contribution in [0.25, 0.3) is 0 Å². The number of carbonyl (C=O) groups is 3. The van der Waals surface area contributed by atoms with Gasteiger partial charge in [-0.15, -0.1) is 22.0 Å². The Morgan fingerprint density at radius 3 is 2.66 bits per heavy atom. The molecule has 2 aliphatic heterocycles. The van der Waals surface area contributed by atoms with Crippen LogP contribution in [-0.4, -0.2) is 70.7 Å². The molecule has 0 saturated carbocycles. The second-order valence-electron chi connectivity index (χ2n) is 7.23. The molecule has 2 aliphatic rings. The molecule has 170 valence electrons. The van der Waals surface area contributed by atoms with Gasteiger partial charge in [-0.1, -0.05) is 34.7 Å². The summed E-state index contributed by atoms with van der Waals surface area (Å²) in [7, 11) is 0. The first-order valence-electron chi connectivity index (χ1n) is 9.49. The lowest BCUT2D eigenvalue weighted by molar-refractivity contribution is -0.150. The summed E-state index contributed by atoms with van der Waals surface area (Å²) in [5, 5.41) is 25.6. The van der Waals surface area contributed by atoms with E-state index < -0.39 is 23.3 Å². The van der Waals surface area contributed by atoms with E-state index in [2.05, 4.69) is 20.6 Å². The van der Waals surface area contributed by atoms with Gasteiger partial charge in [-0.3, -0.25) is 19.2 Å². The van der Waals surface area contributed by atoms with Gasteiger partial charge in [-0.2, -0.15) is 5.10 Å². The van der Waals surface area contributed by atoms with Gasteiger partial charge in [0, 0.05) is 11.5 Å². The van der Waals surface area contributed by atoms with E-state index in [-0.39, 0.29) is 18.1 Å². The Labute approximate surface area is 200 Å². The maximum absolute atomic E-state index is 12.8. The van der Waals surface area contributed by atoms with Crippen molar-refractivity contribution >= 4 is 64.2 Å². The third-order valence-electron chi connectivity index (χ3n) is 5.03. The van der Waals surface area contributed by atoms with E-state index in [0.29, 0.717) is 33.5 Å². The number of aliphatic carboxylic acids is 1. The zero-order valence-electron chi connectivity index (χ0n) is 17.3. The number of aryl methyl sites for hydroxylation is 2. The average molecular weight is 515 g/mol. The Balaban J connectivity index is 1.43. The molecule has 1 saturated heterocycles. The Kier molecular flexibility index (Phi) is 6.52. The molecule has 2 atom stereocenters. The molecule has 0 bridgehead atoms. The predicted octanol–water partition coefficient (Wildman–Crippen LogP) is 1.84. The van der Waals surface area contributed by atoms with Crippen LogP contribution in [0, 0.1) is 20.8 Å². The van der Waals surface area contributed by atoms with Crippen LogP contribution in [0.2, 0.25) is 5.02 Å². The van der Waals surface area contributed by atoms with Gasteiger partial charge < -0.3 is 10.4 Å². The number of rotatable bonds is 7. The fraction of sp³-hybridized carbons (Fsp3) is 0.444. The Morgan fingerprint density at radius 2 is 2.06 bits per heavy atom. The van der Waals surface area contributed by atoms with Crippen LogP contribution in [0.4, 0.5) is 0 Å². The third kappa shape index (κ3) is 4.26. The monoisotopic (exact) mass is 514 g/mol. The first-order chi connectivity index (χ1) is 15.2. The standard InChI is InChI=1S/C18H19ClN6O4S3/c1-7-12(19)8(2)24(23-7)4-11(26)20-13-15(27)25-14(17(28)29)10(5-30-16(13)25)6-31-18-22-21-9(3)32-18/h13,16H,4-6H2,1-3H3,(H,20,26)(H,28,29)/t13-,16-/m1/s1. The van der Waals surface area contributed by atoms with Crippen molar-refractivity contribution in [2.75, 3.05) is 11.5 Å². The number of thioether (sulfide) groups is 2. The van der Waals surface area contributed by atoms with Gasteiger partial charge >= 0.3 is 5.97 Å². The Bertz CT molecular complexity index is 1150. The van der Waals surface area contributed by atoms with Gasteiger partial charge in [-0.25, -0.2) is 4.79 Å². The minimum atomic E-state index is -1.16. The number of carboxylic acids is 1. The van der Waals surface area contributed by atoms with E-state index in [1.807, 2.05) is 6.92 Å². The Hall–Kier alpha value is -2.09. The van der Waals surface area contributed by atoms with Crippen LogP contribution in [0.5, 0.6) is 0 Å². The van der Waals surface area contributed by atoms with Gasteiger partial charge in [0.05, 0.1) is 16.4 Å². The van der Waals surface area contributed by atoms with Crippen LogP contribution in [-0.2, 0) is 20.9 Å². The number of amides is 2. The van der Waals surface area contributed by atoms with Crippen molar-refractivity contribution in [3.05, 3.63) is 32.7 Å². The van der Waals surface area contributed by atoms with Crippen LogP contribution in [0.1, 0.15) is 16.4 Å². The number of hydrogen-bond acceptors (Lipinski definition) is 9. The predicted molar refractivity (Wildman–Crippen MR) is 122 cm³/mol. The number of fused-ring (bicyclic) bond motifs is 1. The zero-order chi connectivity index (χ0) is 23.2. The van der Waals surface area contributed by atoms with E-state index in [4.69, 9.17) is 11.6 Å². The molecule has 2 aromatic heterocycles. The lowest BCUT2D eigenvalue weighted by Gasteiger charge is -2.49. The highest BCUT2D eigenvalue weighted by molar-refractivity contribution is 8.01.